The highest BCUT2D eigenvalue weighted by Crippen LogP contribution is 2.21. The van der Waals surface area contributed by atoms with Crippen LogP contribution in [0.1, 0.15) is 11.1 Å². The first-order valence-electron chi connectivity index (χ1n) is 7.34. The molecule has 0 aliphatic rings. The molecule has 0 amide bonds. The van der Waals surface area contributed by atoms with Crippen LogP contribution in [-0.2, 0) is 6.54 Å². The molecular weight excluding hydrogens is 306 g/mol. The summed E-state index contributed by atoms with van der Waals surface area (Å²) in [6.45, 7) is 2.82. The smallest absolute Gasteiger partial charge is 0.186 e. The Kier molecular flexibility index (Phi) is 3.51. The lowest BCUT2D eigenvalue weighted by Crippen LogP contribution is -2.04. The number of thiophene rings is 1. The third-order valence-electron chi connectivity index (χ3n) is 3.64. The van der Waals surface area contributed by atoms with Crippen molar-refractivity contribution in [2.75, 3.05) is 5.32 Å². The minimum atomic E-state index is 0.731. The van der Waals surface area contributed by atoms with E-state index in [0.29, 0.717) is 0 Å². The van der Waals surface area contributed by atoms with Crippen LogP contribution in [0.3, 0.4) is 0 Å². The maximum atomic E-state index is 4.61. The van der Waals surface area contributed by atoms with Crippen LogP contribution in [0.2, 0.25) is 0 Å². The summed E-state index contributed by atoms with van der Waals surface area (Å²) in [6.07, 6.45) is 0. The third kappa shape index (κ3) is 2.80. The Bertz CT molecular complexity index is 925. The van der Waals surface area contributed by atoms with Crippen LogP contribution in [0, 0.1) is 6.92 Å². The van der Waals surface area contributed by atoms with Gasteiger partial charge in [0.05, 0.1) is 0 Å². The van der Waals surface area contributed by atoms with Gasteiger partial charge in [-0.05, 0) is 36.1 Å². The maximum absolute atomic E-state index is 4.61. The van der Waals surface area contributed by atoms with Crippen LogP contribution < -0.4 is 5.32 Å². The maximum Gasteiger partial charge on any atom is 0.186 e. The van der Waals surface area contributed by atoms with Crippen molar-refractivity contribution in [2.45, 2.75) is 13.5 Å². The molecular formula is C17H15N5S. The Morgan fingerprint density at radius 3 is 2.70 bits per heavy atom. The molecule has 0 aliphatic heterocycles. The van der Waals surface area contributed by atoms with E-state index in [9.17, 15) is 0 Å². The van der Waals surface area contributed by atoms with Crippen molar-refractivity contribution in [1.29, 1.82) is 0 Å². The highest BCUT2D eigenvalue weighted by atomic mass is 32.1. The van der Waals surface area contributed by atoms with Gasteiger partial charge in [0.15, 0.2) is 11.5 Å². The lowest BCUT2D eigenvalue weighted by Gasteiger charge is -2.06. The van der Waals surface area contributed by atoms with E-state index in [2.05, 4.69) is 51.8 Å². The van der Waals surface area contributed by atoms with Crippen molar-refractivity contribution in [3.05, 3.63) is 64.4 Å². The Morgan fingerprint density at radius 1 is 1.04 bits per heavy atom. The van der Waals surface area contributed by atoms with Crippen LogP contribution >= 0.6 is 11.3 Å². The minimum Gasteiger partial charge on any atom is -0.365 e. The molecule has 0 radical (unpaired) electrons. The van der Waals surface area contributed by atoms with Crippen LogP contribution in [0.5, 0.6) is 0 Å². The molecule has 1 aromatic carbocycles. The third-order valence-corrected chi connectivity index (χ3v) is 4.32. The lowest BCUT2D eigenvalue weighted by atomic mass is 10.1. The first kappa shape index (κ1) is 13.9. The van der Waals surface area contributed by atoms with E-state index >= 15 is 0 Å². The van der Waals surface area contributed by atoms with Crippen molar-refractivity contribution >= 4 is 22.8 Å². The summed E-state index contributed by atoms with van der Waals surface area (Å²) in [5.41, 5.74) is 4.26. The molecule has 4 rings (SSSR count). The average molecular weight is 321 g/mol. The van der Waals surface area contributed by atoms with Gasteiger partial charge in [-0.2, -0.15) is 15.9 Å². The van der Waals surface area contributed by atoms with Gasteiger partial charge in [0, 0.05) is 17.5 Å². The summed E-state index contributed by atoms with van der Waals surface area (Å²) >= 11 is 1.63. The zero-order chi connectivity index (χ0) is 15.6. The number of anilines is 1. The summed E-state index contributed by atoms with van der Waals surface area (Å²) in [5, 5.41) is 20.4. The summed E-state index contributed by atoms with van der Waals surface area (Å²) in [6, 6.07) is 14.3. The lowest BCUT2D eigenvalue weighted by molar-refractivity contribution is 0.926. The predicted molar refractivity (Wildman–Crippen MR) is 92.6 cm³/mol. The molecule has 0 spiro atoms. The van der Waals surface area contributed by atoms with Gasteiger partial charge in [0.1, 0.15) is 5.82 Å². The molecule has 5 nitrogen and oxygen atoms in total. The zero-order valence-electron chi connectivity index (χ0n) is 12.6. The van der Waals surface area contributed by atoms with Crippen LogP contribution in [0.4, 0.5) is 5.82 Å². The summed E-state index contributed by atoms with van der Waals surface area (Å²) < 4.78 is 1.78. The van der Waals surface area contributed by atoms with Gasteiger partial charge in [-0.15, -0.1) is 15.3 Å². The second-order valence-corrected chi connectivity index (χ2v) is 6.14. The number of hydrogen-bond donors (Lipinski definition) is 1. The average Bonchev–Trinajstić information content (AvgIpc) is 3.23. The topological polar surface area (TPSA) is 55.1 Å². The highest BCUT2D eigenvalue weighted by Gasteiger charge is 2.10. The van der Waals surface area contributed by atoms with Gasteiger partial charge in [-0.3, -0.25) is 0 Å². The second kappa shape index (κ2) is 5.81. The first-order chi connectivity index (χ1) is 11.3. The predicted octanol–water partition coefficient (Wildman–Crippen LogP) is 3.77. The van der Waals surface area contributed by atoms with Crippen molar-refractivity contribution in [3.63, 3.8) is 0 Å². The van der Waals surface area contributed by atoms with Gasteiger partial charge >= 0.3 is 0 Å². The van der Waals surface area contributed by atoms with Crippen LogP contribution in [0.25, 0.3) is 17.0 Å². The molecule has 0 bridgehead atoms. The summed E-state index contributed by atoms with van der Waals surface area (Å²) in [5.74, 6) is 1.56. The molecule has 0 saturated carbocycles. The SMILES string of the molecule is Cc1ccc(CNc2ccc3nnc(-c4ccsc4)n3n2)cc1. The molecule has 0 fully saturated rings. The van der Waals surface area contributed by atoms with Crippen LogP contribution in [-0.4, -0.2) is 19.8 Å². The molecule has 0 aliphatic carbocycles. The first-order valence-corrected chi connectivity index (χ1v) is 8.28. The minimum absolute atomic E-state index is 0.731. The fraction of sp³-hybridized carbons (Fsp3) is 0.118. The van der Waals surface area contributed by atoms with Gasteiger partial charge in [-0.25, -0.2) is 0 Å². The van der Waals surface area contributed by atoms with E-state index in [-0.39, 0.29) is 0 Å². The van der Waals surface area contributed by atoms with Crippen LogP contribution in [0.15, 0.2) is 53.2 Å². The Balaban J connectivity index is 1.60. The molecule has 3 aromatic heterocycles. The van der Waals surface area contributed by atoms with E-state index in [1.54, 1.807) is 15.9 Å². The van der Waals surface area contributed by atoms with Gasteiger partial charge in [0.2, 0.25) is 0 Å². The van der Waals surface area contributed by atoms with E-state index in [1.807, 2.05) is 29.0 Å². The van der Waals surface area contributed by atoms with E-state index in [0.717, 1.165) is 29.4 Å². The number of hydrogen-bond acceptors (Lipinski definition) is 5. The Hall–Kier alpha value is -2.73. The van der Waals surface area contributed by atoms with Gasteiger partial charge < -0.3 is 5.32 Å². The largest absolute Gasteiger partial charge is 0.365 e. The molecule has 114 valence electrons. The molecule has 23 heavy (non-hydrogen) atoms. The van der Waals surface area contributed by atoms with Crippen molar-refractivity contribution in [2.24, 2.45) is 0 Å². The van der Waals surface area contributed by atoms with Crippen molar-refractivity contribution < 1.29 is 0 Å². The molecule has 3 heterocycles. The number of benzene rings is 1. The fourth-order valence-electron chi connectivity index (χ4n) is 2.35. The molecule has 6 heteroatoms. The van der Waals surface area contributed by atoms with E-state index in [1.165, 1.54) is 11.1 Å². The zero-order valence-corrected chi connectivity index (χ0v) is 13.4. The quantitative estimate of drug-likeness (QED) is 0.621. The van der Waals surface area contributed by atoms with Gasteiger partial charge in [0.25, 0.3) is 0 Å². The van der Waals surface area contributed by atoms with Crippen molar-refractivity contribution in [1.82, 2.24) is 19.8 Å². The molecule has 0 atom stereocenters. The number of nitrogens with one attached hydrogen (secondary N) is 1. The summed E-state index contributed by atoms with van der Waals surface area (Å²) in [7, 11) is 0. The number of aryl methyl sites for hydroxylation is 1. The molecule has 0 saturated heterocycles. The Morgan fingerprint density at radius 2 is 1.91 bits per heavy atom. The highest BCUT2D eigenvalue weighted by molar-refractivity contribution is 7.08. The monoisotopic (exact) mass is 321 g/mol. The van der Waals surface area contributed by atoms with E-state index < -0.39 is 0 Å². The number of fused-ring (bicyclic) bond motifs is 1. The number of rotatable bonds is 4. The molecule has 4 aromatic rings. The number of aromatic nitrogens is 4. The standard InChI is InChI=1S/C17H15N5S/c1-12-2-4-13(5-3-12)10-18-15-6-7-16-19-20-17(22(16)21-15)14-8-9-23-11-14/h2-9,11H,10H2,1H3,(H,18,21). The number of nitrogens with zero attached hydrogens (tertiary/aromatic N) is 4. The Labute approximate surface area is 137 Å². The van der Waals surface area contributed by atoms with E-state index in [4.69, 9.17) is 0 Å². The fourth-order valence-corrected chi connectivity index (χ4v) is 2.99. The van der Waals surface area contributed by atoms with Gasteiger partial charge in [-0.1, -0.05) is 29.8 Å². The van der Waals surface area contributed by atoms with Crippen molar-refractivity contribution in [3.8, 4) is 11.4 Å². The normalized spacial score (nSPS) is 11.0. The second-order valence-electron chi connectivity index (χ2n) is 5.36. The summed E-state index contributed by atoms with van der Waals surface area (Å²) in [4.78, 5) is 0. The molecule has 0 unspecified atom stereocenters. The molecule has 1 N–H and O–H groups in total.